The number of nitrogens with zero attached hydrogens (tertiary/aromatic N) is 4. The van der Waals surface area contributed by atoms with Crippen LogP contribution < -0.4 is 5.32 Å². The third-order valence-corrected chi connectivity index (χ3v) is 5.82. The highest BCUT2D eigenvalue weighted by molar-refractivity contribution is 7.99. The molecule has 1 aliphatic heterocycles. The Hall–Kier alpha value is -2.13. The summed E-state index contributed by atoms with van der Waals surface area (Å²) in [4.78, 5) is 26.2. The highest BCUT2D eigenvalue weighted by Crippen LogP contribution is 2.29. The second-order valence-corrected chi connectivity index (χ2v) is 8.10. The van der Waals surface area contributed by atoms with E-state index in [0.29, 0.717) is 12.3 Å². The Balaban J connectivity index is 1.52. The van der Waals surface area contributed by atoms with Gasteiger partial charge in [0.05, 0.1) is 10.2 Å². The van der Waals surface area contributed by atoms with Crippen LogP contribution in [0.1, 0.15) is 13.8 Å². The van der Waals surface area contributed by atoms with Gasteiger partial charge in [-0.25, -0.2) is 4.79 Å². The molecule has 7 nitrogen and oxygen atoms in total. The van der Waals surface area contributed by atoms with Gasteiger partial charge in [0.25, 0.3) is 5.91 Å². The lowest BCUT2D eigenvalue weighted by atomic mass is 10.1. The number of hydrogen-bond donors (Lipinski definition) is 1. The van der Waals surface area contributed by atoms with Crippen molar-refractivity contribution in [1.29, 1.82) is 0 Å². The van der Waals surface area contributed by atoms with E-state index in [1.165, 1.54) is 16.7 Å². The number of amides is 3. The molecule has 3 heterocycles. The number of thioether (sulfide) groups is 1. The minimum atomic E-state index is -0.826. The fourth-order valence-corrected chi connectivity index (χ4v) is 4.59. The molecule has 3 aromatic rings. The van der Waals surface area contributed by atoms with Crippen molar-refractivity contribution in [2.75, 3.05) is 12.3 Å². The van der Waals surface area contributed by atoms with E-state index in [1.807, 2.05) is 22.6 Å². The van der Waals surface area contributed by atoms with Crippen LogP contribution in [0.3, 0.4) is 0 Å². The average molecular weight is 361 g/mol. The first-order valence-corrected chi connectivity index (χ1v) is 9.27. The summed E-state index contributed by atoms with van der Waals surface area (Å²) in [5.74, 6) is 0.376. The van der Waals surface area contributed by atoms with E-state index in [2.05, 4.69) is 21.6 Å². The molecule has 124 valence electrons. The summed E-state index contributed by atoms with van der Waals surface area (Å²) in [6.45, 7) is 3.76. The number of carbonyl (C=O) groups excluding carboxylic acids is 2. The van der Waals surface area contributed by atoms with Gasteiger partial charge < -0.3 is 5.32 Å². The molecule has 3 amide bonds. The molecular weight excluding hydrogens is 346 g/mol. The van der Waals surface area contributed by atoms with Crippen molar-refractivity contribution in [1.82, 2.24) is 24.8 Å². The lowest BCUT2D eigenvalue weighted by Gasteiger charge is -2.15. The Morgan fingerprint density at radius 1 is 1.25 bits per heavy atom. The number of para-hydroxylation sites is 1. The lowest BCUT2D eigenvalue weighted by molar-refractivity contribution is -0.130. The number of aromatic nitrogens is 3. The van der Waals surface area contributed by atoms with Crippen molar-refractivity contribution in [3.05, 3.63) is 24.3 Å². The number of carbonyl (C=O) groups is 2. The molecule has 1 saturated heterocycles. The summed E-state index contributed by atoms with van der Waals surface area (Å²) >= 11 is 3.08. The molecule has 0 bridgehead atoms. The molecule has 2 aromatic heterocycles. The van der Waals surface area contributed by atoms with Crippen molar-refractivity contribution < 1.29 is 9.59 Å². The van der Waals surface area contributed by atoms with E-state index in [-0.39, 0.29) is 11.9 Å². The number of fused-ring (bicyclic) bond motifs is 3. The molecule has 1 N–H and O–H groups in total. The maximum Gasteiger partial charge on any atom is 0.325 e. The van der Waals surface area contributed by atoms with Gasteiger partial charge in [-0.15, -0.1) is 10.2 Å². The molecule has 0 saturated carbocycles. The summed E-state index contributed by atoms with van der Waals surface area (Å²) in [5, 5.41) is 11.9. The van der Waals surface area contributed by atoms with Gasteiger partial charge in [-0.2, -0.15) is 0 Å². The van der Waals surface area contributed by atoms with Crippen LogP contribution >= 0.6 is 23.1 Å². The monoisotopic (exact) mass is 361 g/mol. The SMILES string of the molecule is CC1(C)NC(=O)N(CCSc2nnc3sc4ccccc4n23)C1=O. The van der Waals surface area contributed by atoms with Crippen LogP contribution in [0.5, 0.6) is 0 Å². The molecule has 4 rings (SSSR count). The minimum absolute atomic E-state index is 0.194. The molecule has 0 aliphatic carbocycles. The molecule has 0 atom stereocenters. The summed E-state index contributed by atoms with van der Waals surface area (Å²) < 4.78 is 3.17. The third kappa shape index (κ3) is 2.35. The summed E-state index contributed by atoms with van der Waals surface area (Å²) in [7, 11) is 0. The Morgan fingerprint density at radius 2 is 2.04 bits per heavy atom. The van der Waals surface area contributed by atoms with Crippen LogP contribution in [0.4, 0.5) is 4.79 Å². The number of nitrogens with one attached hydrogen (secondary N) is 1. The molecule has 0 spiro atoms. The van der Waals surface area contributed by atoms with Crippen LogP contribution in [0, 0.1) is 0 Å². The van der Waals surface area contributed by atoms with Crippen molar-refractivity contribution in [2.24, 2.45) is 0 Å². The summed E-state index contributed by atoms with van der Waals surface area (Å²) in [6, 6.07) is 7.74. The molecule has 0 unspecified atom stereocenters. The average Bonchev–Trinajstić information content (AvgIpc) is 3.14. The number of thiazole rings is 1. The normalized spacial score (nSPS) is 17.2. The highest BCUT2D eigenvalue weighted by Gasteiger charge is 2.43. The fourth-order valence-electron chi connectivity index (χ4n) is 2.70. The Kier molecular flexibility index (Phi) is 3.50. The van der Waals surface area contributed by atoms with Gasteiger partial charge in [0.1, 0.15) is 5.54 Å². The van der Waals surface area contributed by atoms with Gasteiger partial charge in [-0.3, -0.25) is 14.1 Å². The Bertz CT molecular complexity index is 961. The van der Waals surface area contributed by atoms with E-state index in [0.717, 1.165) is 20.3 Å². The van der Waals surface area contributed by atoms with E-state index < -0.39 is 5.54 Å². The van der Waals surface area contributed by atoms with Crippen molar-refractivity contribution in [3.8, 4) is 0 Å². The third-order valence-electron chi connectivity index (χ3n) is 3.90. The predicted molar refractivity (Wildman–Crippen MR) is 93.4 cm³/mol. The summed E-state index contributed by atoms with van der Waals surface area (Å²) in [5.41, 5.74) is 0.245. The quantitative estimate of drug-likeness (QED) is 0.570. The van der Waals surface area contributed by atoms with Crippen molar-refractivity contribution in [3.63, 3.8) is 0 Å². The molecule has 1 fully saturated rings. The maximum atomic E-state index is 12.2. The van der Waals surface area contributed by atoms with E-state index in [4.69, 9.17) is 0 Å². The first kappa shape index (κ1) is 15.4. The standard InChI is InChI=1S/C15H15N5O2S2/c1-15(2)11(21)19(12(22)16-15)7-8-23-13-17-18-14-20(13)9-5-3-4-6-10(9)24-14/h3-6H,7-8H2,1-2H3,(H,16,22). The number of imide groups is 1. The molecule has 1 aromatic carbocycles. The second kappa shape index (κ2) is 5.45. The molecule has 24 heavy (non-hydrogen) atoms. The molecule has 1 aliphatic rings. The number of rotatable bonds is 4. The molecule has 9 heteroatoms. The van der Waals surface area contributed by atoms with E-state index >= 15 is 0 Å². The van der Waals surface area contributed by atoms with Crippen molar-refractivity contribution in [2.45, 2.75) is 24.5 Å². The first-order chi connectivity index (χ1) is 11.5. The van der Waals surface area contributed by atoms with Gasteiger partial charge in [0.2, 0.25) is 4.96 Å². The number of benzene rings is 1. The highest BCUT2D eigenvalue weighted by atomic mass is 32.2. The Morgan fingerprint density at radius 3 is 2.79 bits per heavy atom. The second-order valence-electron chi connectivity index (χ2n) is 6.03. The fraction of sp³-hybridized carbons (Fsp3) is 0.333. The zero-order chi connectivity index (χ0) is 16.9. The maximum absolute atomic E-state index is 12.2. The zero-order valence-electron chi connectivity index (χ0n) is 13.1. The van der Waals surface area contributed by atoms with Crippen LogP contribution in [0.15, 0.2) is 29.4 Å². The molecular formula is C15H15N5O2S2. The van der Waals surface area contributed by atoms with Gasteiger partial charge in [-0.1, -0.05) is 35.2 Å². The molecule has 0 radical (unpaired) electrons. The smallest absolute Gasteiger partial charge is 0.324 e. The van der Waals surface area contributed by atoms with E-state index in [1.54, 1.807) is 25.2 Å². The van der Waals surface area contributed by atoms with E-state index in [9.17, 15) is 9.59 Å². The van der Waals surface area contributed by atoms with Crippen LogP contribution in [-0.4, -0.2) is 49.3 Å². The number of hydrogen-bond acceptors (Lipinski definition) is 6. The lowest BCUT2D eigenvalue weighted by Crippen LogP contribution is -2.40. The zero-order valence-corrected chi connectivity index (χ0v) is 14.8. The first-order valence-electron chi connectivity index (χ1n) is 7.47. The van der Waals surface area contributed by atoms with Crippen molar-refractivity contribution >= 4 is 50.2 Å². The van der Waals surface area contributed by atoms with Crippen LogP contribution in [0.25, 0.3) is 15.2 Å². The van der Waals surface area contributed by atoms with Crippen LogP contribution in [0.2, 0.25) is 0 Å². The Labute approximate surface area is 146 Å². The minimum Gasteiger partial charge on any atom is -0.324 e. The largest absolute Gasteiger partial charge is 0.325 e. The number of urea groups is 1. The van der Waals surface area contributed by atoms with Gasteiger partial charge in [-0.05, 0) is 26.0 Å². The van der Waals surface area contributed by atoms with Gasteiger partial charge >= 0.3 is 6.03 Å². The van der Waals surface area contributed by atoms with Gasteiger partial charge in [0.15, 0.2) is 5.16 Å². The topological polar surface area (TPSA) is 79.6 Å². The van der Waals surface area contributed by atoms with Crippen LogP contribution in [-0.2, 0) is 4.79 Å². The summed E-state index contributed by atoms with van der Waals surface area (Å²) in [6.07, 6.45) is 0. The van der Waals surface area contributed by atoms with Gasteiger partial charge in [0, 0.05) is 12.3 Å². The predicted octanol–water partition coefficient (Wildman–Crippen LogP) is 2.37.